The van der Waals surface area contributed by atoms with Gasteiger partial charge in [0.05, 0.1) is 0 Å². The molecule has 0 aliphatic carbocycles. The van der Waals surface area contributed by atoms with Crippen molar-refractivity contribution in [3.8, 4) is 0 Å². The molecule has 0 radical (unpaired) electrons. The van der Waals surface area contributed by atoms with Gasteiger partial charge in [0.2, 0.25) is 5.84 Å². The van der Waals surface area contributed by atoms with Gasteiger partial charge in [-0.1, -0.05) is 27.7 Å². The summed E-state index contributed by atoms with van der Waals surface area (Å²) >= 11 is 5.52. The fourth-order valence-corrected chi connectivity index (χ4v) is 9.33. The van der Waals surface area contributed by atoms with Crippen molar-refractivity contribution in [1.29, 1.82) is 0 Å². The van der Waals surface area contributed by atoms with Crippen molar-refractivity contribution in [1.82, 2.24) is 0 Å². The lowest BCUT2D eigenvalue weighted by Crippen LogP contribution is -2.16. The van der Waals surface area contributed by atoms with Gasteiger partial charge in [-0.25, -0.2) is 0 Å². The standard InChI is InChI=1S/C6H16ClO2PS/c1-5(2)11(6(3)4)10(7,8)9/h5-6,8-9H,1-4H3. The summed E-state index contributed by atoms with van der Waals surface area (Å²) < 4.78 is 0. The lowest BCUT2D eigenvalue weighted by atomic mass is 10.6. The molecule has 0 heterocycles. The van der Waals surface area contributed by atoms with Crippen molar-refractivity contribution in [2.75, 3.05) is 0 Å². The van der Waals surface area contributed by atoms with Crippen LogP contribution in [0.2, 0.25) is 0 Å². The Morgan fingerprint density at radius 3 is 1.36 bits per heavy atom. The molecule has 0 aliphatic rings. The second kappa shape index (κ2) is 4.29. The van der Waals surface area contributed by atoms with Crippen LogP contribution < -0.4 is 0 Å². The Kier molecular flexibility index (Phi) is 4.68. The van der Waals surface area contributed by atoms with Gasteiger partial charge in [-0.15, -0.1) is 10.1 Å². The van der Waals surface area contributed by atoms with Gasteiger partial charge < -0.3 is 9.79 Å². The van der Waals surface area contributed by atoms with E-state index in [2.05, 4.69) is 0 Å². The number of rotatable bonds is 2. The molecular weight excluding hydrogens is 203 g/mol. The summed E-state index contributed by atoms with van der Waals surface area (Å²) in [4.78, 5) is 18.5. The molecular formula is C6H16ClO2PS. The van der Waals surface area contributed by atoms with E-state index in [0.29, 0.717) is 0 Å². The van der Waals surface area contributed by atoms with Crippen LogP contribution in [-0.4, -0.2) is 20.3 Å². The van der Waals surface area contributed by atoms with Gasteiger partial charge in [0.25, 0.3) is 0 Å². The van der Waals surface area contributed by atoms with Crippen LogP contribution in [-0.2, 0) is 10.1 Å². The van der Waals surface area contributed by atoms with Gasteiger partial charge >= 0.3 is 0 Å². The molecule has 5 heteroatoms. The lowest BCUT2D eigenvalue weighted by Gasteiger charge is -2.21. The summed E-state index contributed by atoms with van der Waals surface area (Å²) in [6.07, 6.45) is 0. The first kappa shape index (κ1) is 12.0. The Balaban J connectivity index is 4.91. The number of hydrogen-bond donors (Lipinski definition) is 2. The summed E-state index contributed by atoms with van der Waals surface area (Å²) in [5.41, 5.74) is 0. The maximum absolute atomic E-state index is 9.26. The normalized spacial score (nSPS) is 13.6. The van der Waals surface area contributed by atoms with Crippen LogP contribution in [0.5, 0.6) is 0 Å². The van der Waals surface area contributed by atoms with E-state index in [4.69, 9.17) is 11.2 Å². The van der Waals surface area contributed by atoms with Crippen LogP contribution in [0.15, 0.2) is 0 Å². The number of halogens is 1. The predicted octanol–water partition coefficient (Wildman–Crippen LogP) is 2.32. The van der Waals surface area contributed by atoms with E-state index in [0.717, 1.165) is 0 Å². The van der Waals surface area contributed by atoms with Gasteiger partial charge in [0, 0.05) is 0 Å². The molecule has 0 aromatic rings. The number of hydrogen-bond acceptors (Lipinski definition) is 0. The minimum Gasteiger partial charge on any atom is -0.338 e. The molecule has 2 N–H and O–H groups in total. The summed E-state index contributed by atoms with van der Waals surface area (Å²) in [6.45, 7) is 7.86. The van der Waals surface area contributed by atoms with Gasteiger partial charge in [0.1, 0.15) is 0 Å². The molecule has 0 bridgehead atoms. The van der Waals surface area contributed by atoms with Crippen LogP contribution in [0.1, 0.15) is 27.7 Å². The maximum atomic E-state index is 9.26. The Labute approximate surface area is 75.5 Å². The van der Waals surface area contributed by atoms with E-state index >= 15 is 0 Å². The fourth-order valence-electron chi connectivity index (χ4n) is 1.08. The third-order valence-corrected chi connectivity index (χ3v) is 9.28. The predicted molar refractivity (Wildman–Crippen MR) is 54.8 cm³/mol. The second-order valence-corrected chi connectivity index (χ2v) is 11.3. The topological polar surface area (TPSA) is 40.5 Å². The highest BCUT2D eigenvalue weighted by Gasteiger charge is 2.18. The third-order valence-electron chi connectivity index (χ3n) is 1.23. The molecule has 2 nitrogen and oxygen atoms in total. The van der Waals surface area contributed by atoms with E-state index in [1.54, 1.807) is 0 Å². The molecule has 0 rings (SSSR count). The van der Waals surface area contributed by atoms with Crippen LogP contribution in [0, 0.1) is 0 Å². The molecule has 0 unspecified atom stereocenters. The van der Waals surface area contributed by atoms with E-state index < -0.39 is 15.9 Å². The average Bonchev–Trinajstić information content (AvgIpc) is 1.54. The first-order valence-corrected chi connectivity index (χ1v) is 8.09. The lowest BCUT2D eigenvalue weighted by molar-refractivity contribution is 0.499. The smallest absolute Gasteiger partial charge is 0.236 e. The van der Waals surface area contributed by atoms with Crippen molar-refractivity contribution in [3.05, 3.63) is 0 Å². The molecule has 0 saturated heterocycles. The summed E-state index contributed by atoms with van der Waals surface area (Å²) in [5.74, 6) is -3.14. The summed E-state index contributed by atoms with van der Waals surface area (Å²) in [5, 5.41) is 0.492. The molecule has 0 fully saturated rings. The molecule has 0 amide bonds. The highest BCUT2D eigenvalue weighted by molar-refractivity contribution is 8.38. The van der Waals surface area contributed by atoms with E-state index in [-0.39, 0.29) is 10.5 Å². The first-order chi connectivity index (χ1) is 4.76. The van der Waals surface area contributed by atoms with Crippen LogP contribution >= 0.6 is 17.1 Å². The highest BCUT2D eigenvalue weighted by atomic mass is 35.7. The van der Waals surface area contributed by atoms with Gasteiger partial charge in [-0.2, -0.15) is 0 Å². The largest absolute Gasteiger partial charge is 0.338 e. The van der Waals surface area contributed by atoms with Gasteiger partial charge in [-0.05, 0) is 21.7 Å². The SMILES string of the molecule is CC(C)S(C(C)C)=P(O)(O)Cl. The first-order valence-electron chi connectivity index (χ1n) is 3.53. The fraction of sp³-hybridized carbons (Fsp3) is 1.00. The van der Waals surface area contributed by atoms with E-state index in [1.807, 2.05) is 27.7 Å². The summed E-state index contributed by atoms with van der Waals surface area (Å²) in [7, 11) is -0.458. The average molecular weight is 219 g/mol. The zero-order valence-corrected chi connectivity index (χ0v) is 9.75. The molecule has 0 aliphatic heterocycles. The van der Waals surface area contributed by atoms with Crippen molar-refractivity contribution in [2.45, 2.75) is 38.2 Å². The second-order valence-electron chi connectivity index (χ2n) is 2.92. The van der Waals surface area contributed by atoms with Crippen molar-refractivity contribution in [2.24, 2.45) is 0 Å². The Bertz CT molecular complexity index is 167. The maximum Gasteiger partial charge on any atom is 0.236 e. The monoisotopic (exact) mass is 218 g/mol. The van der Waals surface area contributed by atoms with Crippen molar-refractivity contribution in [3.63, 3.8) is 0 Å². The van der Waals surface area contributed by atoms with Crippen LogP contribution in [0.3, 0.4) is 0 Å². The zero-order valence-electron chi connectivity index (χ0n) is 7.28. The summed E-state index contributed by atoms with van der Waals surface area (Å²) in [6, 6.07) is 0. The van der Waals surface area contributed by atoms with Crippen LogP contribution in [0.4, 0.5) is 0 Å². The zero-order chi connectivity index (χ0) is 9.23. The molecule has 70 valence electrons. The molecule has 0 aromatic heterocycles. The molecule has 11 heavy (non-hydrogen) atoms. The van der Waals surface area contributed by atoms with E-state index in [9.17, 15) is 9.79 Å². The Morgan fingerprint density at radius 2 is 1.36 bits per heavy atom. The van der Waals surface area contributed by atoms with Crippen LogP contribution in [0.25, 0.3) is 0 Å². The minimum atomic E-state index is -3.14. The molecule has 0 aromatic carbocycles. The quantitative estimate of drug-likeness (QED) is 0.699. The minimum absolute atomic E-state index is 0.246. The van der Waals surface area contributed by atoms with Gasteiger partial charge in [0.15, 0.2) is 0 Å². The van der Waals surface area contributed by atoms with Crippen molar-refractivity contribution < 1.29 is 9.79 Å². The molecule has 0 atom stereocenters. The highest BCUT2D eigenvalue weighted by Crippen LogP contribution is 2.49. The Hall–Kier alpha value is 0.990. The molecule has 0 spiro atoms. The van der Waals surface area contributed by atoms with Gasteiger partial charge in [-0.3, -0.25) is 0 Å². The van der Waals surface area contributed by atoms with E-state index in [1.165, 1.54) is 0 Å². The van der Waals surface area contributed by atoms with Crippen molar-refractivity contribution >= 4 is 27.2 Å². The molecule has 0 saturated carbocycles. The Morgan fingerprint density at radius 1 is 1.09 bits per heavy atom. The third kappa shape index (κ3) is 3.95.